The number of nitrogens with zero attached hydrogens (tertiary/aromatic N) is 2. The number of rotatable bonds is 2. The molecule has 5 heteroatoms. The van der Waals surface area contributed by atoms with Gasteiger partial charge >= 0.3 is 0 Å². The van der Waals surface area contributed by atoms with Crippen molar-refractivity contribution in [1.82, 2.24) is 10.2 Å². The molecular weight excluding hydrogens is 186 g/mol. The fourth-order valence-corrected chi connectivity index (χ4v) is 2.21. The van der Waals surface area contributed by atoms with Gasteiger partial charge in [-0.05, 0) is 19.8 Å². The predicted molar refractivity (Wildman–Crippen MR) is 50.4 cm³/mol. The molecule has 0 saturated carbocycles. The molecule has 0 radical (unpaired) electrons. The molecule has 1 saturated heterocycles. The van der Waals surface area contributed by atoms with Crippen LogP contribution in [0.25, 0.3) is 0 Å². The summed E-state index contributed by atoms with van der Waals surface area (Å²) in [5.41, 5.74) is 5.69. The van der Waals surface area contributed by atoms with Crippen molar-refractivity contribution in [2.24, 2.45) is 5.73 Å². The highest BCUT2D eigenvalue weighted by Gasteiger charge is 2.22. The zero-order valence-corrected chi connectivity index (χ0v) is 8.38. The van der Waals surface area contributed by atoms with Gasteiger partial charge in [-0.15, -0.1) is 10.2 Å². The van der Waals surface area contributed by atoms with E-state index < -0.39 is 0 Å². The lowest BCUT2D eigenvalue weighted by molar-refractivity contribution is 0.111. The van der Waals surface area contributed by atoms with Crippen LogP contribution in [-0.4, -0.2) is 16.8 Å². The predicted octanol–water partition coefficient (Wildman–Crippen LogP) is 1.41. The molecule has 0 aromatic carbocycles. The van der Waals surface area contributed by atoms with Gasteiger partial charge in [0.05, 0.1) is 6.04 Å². The van der Waals surface area contributed by atoms with E-state index in [1.807, 2.05) is 6.92 Å². The average Bonchev–Trinajstić information content (AvgIpc) is 2.75. The van der Waals surface area contributed by atoms with Gasteiger partial charge in [-0.25, -0.2) is 0 Å². The molecule has 2 N–H and O–H groups in total. The summed E-state index contributed by atoms with van der Waals surface area (Å²) in [6.07, 6.45) is 2.36. The molecule has 1 aliphatic rings. The number of ether oxygens (including phenoxy) is 1. The van der Waals surface area contributed by atoms with Crippen LogP contribution >= 0.6 is 11.3 Å². The van der Waals surface area contributed by atoms with Gasteiger partial charge in [0.2, 0.25) is 0 Å². The van der Waals surface area contributed by atoms with Crippen LogP contribution in [0.5, 0.6) is 0 Å². The normalized spacial score (nSPS) is 24.9. The highest BCUT2D eigenvalue weighted by atomic mass is 32.1. The molecule has 2 heterocycles. The first-order valence-electron chi connectivity index (χ1n) is 4.48. The largest absolute Gasteiger partial charge is 0.371 e. The number of hydrogen-bond donors (Lipinski definition) is 1. The molecule has 4 nitrogen and oxygen atoms in total. The van der Waals surface area contributed by atoms with Gasteiger partial charge in [0.15, 0.2) is 0 Å². The van der Waals surface area contributed by atoms with Gasteiger partial charge in [0.25, 0.3) is 0 Å². The van der Waals surface area contributed by atoms with Crippen LogP contribution in [0.3, 0.4) is 0 Å². The minimum atomic E-state index is -0.0207. The van der Waals surface area contributed by atoms with E-state index in [1.54, 1.807) is 11.3 Å². The zero-order valence-electron chi connectivity index (χ0n) is 7.56. The monoisotopic (exact) mass is 199 g/mol. The van der Waals surface area contributed by atoms with E-state index in [0.29, 0.717) is 0 Å². The van der Waals surface area contributed by atoms with Crippen molar-refractivity contribution in [2.45, 2.75) is 31.9 Å². The van der Waals surface area contributed by atoms with Crippen LogP contribution in [-0.2, 0) is 4.74 Å². The summed E-state index contributed by atoms with van der Waals surface area (Å²) in [5.74, 6) is 0. The fraction of sp³-hybridized carbons (Fsp3) is 0.750. The zero-order chi connectivity index (χ0) is 9.26. The van der Waals surface area contributed by atoms with Crippen molar-refractivity contribution in [3.63, 3.8) is 0 Å². The quantitative estimate of drug-likeness (QED) is 0.782. The second-order valence-electron chi connectivity index (χ2n) is 3.27. The van der Waals surface area contributed by atoms with E-state index in [-0.39, 0.29) is 12.1 Å². The molecule has 2 rings (SSSR count). The van der Waals surface area contributed by atoms with E-state index in [9.17, 15) is 0 Å². The Morgan fingerprint density at radius 1 is 1.62 bits per heavy atom. The maximum Gasteiger partial charge on any atom is 0.146 e. The van der Waals surface area contributed by atoms with Gasteiger partial charge in [-0.3, -0.25) is 0 Å². The van der Waals surface area contributed by atoms with Crippen molar-refractivity contribution >= 4 is 11.3 Å². The molecule has 0 aliphatic carbocycles. The van der Waals surface area contributed by atoms with E-state index >= 15 is 0 Å². The molecule has 1 aliphatic heterocycles. The number of hydrogen-bond acceptors (Lipinski definition) is 5. The van der Waals surface area contributed by atoms with Crippen molar-refractivity contribution < 1.29 is 4.74 Å². The molecule has 1 fully saturated rings. The van der Waals surface area contributed by atoms with Gasteiger partial charge in [0, 0.05) is 6.61 Å². The Labute approximate surface area is 81.1 Å². The van der Waals surface area contributed by atoms with E-state index in [4.69, 9.17) is 10.5 Å². The van der Waals surface area contributed by atoms with Crippen molar-refractivity contribution in [3.8, 4) is 0 Å². The molecule has 72 valence electrons. The lowest BCUT2D eigenvalue weighted by atomic mass is 10.2. The van der Waals surface area contributed by atoms with Crippen molar-refractivity contribution in [3.05, 3.63) is 10.0 Å². The van der Waals surface area contributed by atoms with Crippen LogP contribution in [0.15, 0.2) is 0 Å². The summed E-state index contributed by atoms with van der Waals surface area (Å²) in [5, 5.41) is 9.98. The highest BCUT2D eigenvalue weighted by Crippen LogP contribution is 2.31. The lowest BCUT2D eigenvalue weighted by Crippen LogP contribution is -2.03. The Hall–Kier alpha value is -0.520. The summed E-state index contributed by atoms with van der Waals surface area (Å²) in [6.45, 7) is 2.76. The summed E-state index contributed by atoms with van der Waals surface area (Å²) in [6, 6.07) is -0.0207. The van der Waals surface area contributed by atoms with Crippen LogP contribution in [0, 0.1) is 0 Å². The highest BCUT2D eigenvalue weighted by molar-refractivity contribution is 7.11. The third-order valence-electron chi connectivity index (χ3n) is 2.05. The molecule has 0 spiro atoms. The smallest absolute Gasteiger partial charge is 0.146 e. The standard InChI is InChI=1S/C8H13N3OS/c1-5(9)7-10-11-8(13-7)6-3-2-4-12-6/h5-6H,2-4,9H2,1H3. The summed E-state index contributed by atoms with van der Waals surface area (Å²) < 4.78 is 5.50. The first kappa shape index (κ1) is 9.05. The Morgan fingerprint density at radius 3 is 3.00 bits per heavy atom. The second-order valence-corrected chi connectivity index (χ2v) is 4.31. The maximum atomic E-state index is 5.69. The fourth-order valence-electron chi connectivity index (χ4n) is 1.33. The third kappa shape index (κ3) is 1.87. The van der Waals surface area contributed by atoms with Crippen molar-refractivity contribution in [2.75, 3.05) is 6.61 Å². The van der Waals surface area contributed by atoms with Crippen LogP contribution < -0.4 is 5.73 Å². The molecule has 13 heavy (non-hydrogen) atoms. The third-order valence-corrected chi connectivity index (χ3v) is 3.27. The van der Waals surface area contributed by atoms with E-state index in [1.165, 1.54) is 0 Å². The number of nitrogens with two attached hydrogens (primary N) is 1. The van der Waals surface area contributed by atoms with Gasteiger partial charge < -0.3 is 10.5 Å². The topological polar surface area (TPSA) is 61.0 Å². The SMILES string of the molecule is CC(N)c1nnc(C2CCCO2)s1. The summed E-state index contributed by atoms with van der Waals surface area (Å²) in [7, 11) is 0. The Morgan fingerprint density at radius 2 is 2.46 bits per heavy atom. The molecule has 2 atom stereocenters. The van der Waals surface area contributed by atoms with Crippen LogP contribution in [0.4, 0.5) is 0 Å². The number of aromatic nitrogens is 2. The van der Waals surface area contributed by atoms with Gasteiger partial charge in [-0.2, -0.15) is 0 Å². The molecule has 0 bridgehead atoms. The first-order chi connectivity index (χ1) is 6.27. The maximum absolute atomic E-state index is 5.69. The second kappa shape index (κ2) is 3.69. The van der Waals surface area contributed by atoms with E-state index in [0.717, 1.165) is 29.5 Å². The summed E-state index contributed by atoms with van der Waals surface area (Å²) in [4.78, 5) is 0. The molecule has 1 aromatic rings. The van der Waals surface area contributed by atoms with Crippen molar-refractivity contribution in [1.29, 1.82) is 0 Å². The van der Waals surface area contributed by atoms with Gasteiger partial charge in [0.1, 0.15) is 16.1 Å². The molecular formula is C8H13N3OS. The van der Waals surface area contributed by atoms with E-state index in [2.05, 4.69) is 10.2 Å². The average molecular weight is 199 g/mol. The lowest BCUT2D eigenvalue weighted by Gasteiger charge is -2.02. The van der Waals surface area contributed by atoms with Crippen LogP contribution in [0.2, 0.25) is 0 Å². The minimum Gasteiger partial charge on any atom is -0.371 e. The Balaban J connectivity index is 2.12. The molecule has 2 unspecified atom stereocenters. The van der Waals surface area contributed by atoms with Gasteiger partial charge in [-0.1, -0.05) is 11.3 Å². The Bertz CT molecular complexity index is 281. The molecule has 0 amide bonds. The summed E-state index contributed by atoms with van der Waals surface area (Å²) >= 11 is 1.57. The molecule has 1 aromatic heterocycles. The van der Waals surface area contributed by atoms with Crippen LogP contribution in [0.1, 0.15) is 41.9 Å². The minimum absolute atomic E-state index is 0.0207. The Kier molecular flexibility index (Phi) is 2.57. The first-order valence-corrected chi connectivity index (χ1v) is 5.29.